The van der Waals surface area contributed by atoms with Crippen LogP contribution < -0.4 is 5.73 Å². The van der Waals surface area contributed by atoms with Gasteiger partial charge in [0.1, 0.15) is 0 Å². The molecule has 2 rings (SSSR count). The van der Waals surface area contributed by atoms with Gasteiger partial charge in [-0.3, -0.25) is 4.98 Å². The van der Waals surface area contributed by atoms with Gasteiger partial charge in [0, 0.05) is 18.1 Å². The number of pyridine rings is 1. The Morgan fingerprint density at radius 3 is 2.93 bits per heavy atom. The molecule has 0 aliphatic carbocycles. The molecular weight excluding hydrogens is 188 g/mol. The largest absolute Gasteiger partial charge is 0.387 e. The highest BCUT2D eigenvalue weighted by Crippen LogP contribution is 2.21. The molecule has 3 nitrogen and oxygen atoms in total. The van der Waals surface area contributed by atoms with Crippen LogP contribution in [0.4, 0.5) is 0 Å². The lowest BCUT2D eigenvalue weighted by atomic mass is 10.0. The van der Waals surface area contributed by atoms with Gasteiger partial charge in [0.05, 0.1) is 11.6 Å². The van der Waals surface area contributed by atoms with Gasteiger partial charge in [0.15, 0.2) is 0 Å². The topological polar surface area (TPSA) is 59.1 Å². The highest BCUT2D eigenvalue weighted by Gasteiger charge is 2.06. The molecule has 2 aromatic rings. The zero-order valence-electron chi connectivity index (χ0n) is 8.64. The van der Waals surface area contributed by atoms with Crippen molar-refractivity contribution in [2.75, 3.05) is 6.54 Å². The van der Waals surface area contributed by atoms with Crippen LogP contribution >= 0.6 is 0 Å². The second kappa shape index (κ2) is 3.96. The summed E-state index contributed by atoms with van der Waals surface area (Å²) in [5.74, 6) is 0. The summed E-state index contributed by atoms with van der Waals surface area (Å²) in [4.78, 5) is 4.26. The van der Waals surface area contributed by atoms with E-state index in [1.54, 1.807) is 6.20 Å². The van der Waals surface area contributed by atoms with Crippen molar-refractivity contribution in [1.82, 2.24) is 4.98 Å². The molecule has 78 valence electrons. The third-order valence-corrected chi connectivity index (χ3v) is 2.59. The minimum absolute atomic E-state index is 0.241. The summed E-state index contributed by atoms with van der Waals surface area (Å²) < 4.78 is 0. The smallest absolute Gasteiger partial charge is 0.0912 e. The fraction of sp³-hybridized carbons (Fsp3) is 0.250. The maximum atomic E-state index is 9.63. The van der Waals surface area contributed by atoms with Crippen molar-refractivity contribution >= 4 is 10.9 Å². The fourth-order valence-corrected chi connectivity index (χ4v) is 1.64. The number of nitrogens with zero attached hydrogens (tertiary/aromatic N) is 1. The van der Waals surface area contributed by atoms with Crippen molar-refractivity contribution in [3.05, 3.63) is 41.6 Å². The van der Waals surface area contributed by atoms with Gasteiger partial charge >= 0.3 is 0 Å². The van der Waals surface area contributed by atoms with E-state index in [1.165, 1.54) is 0 Å². The molecule has 1 aromatic carbocycles. The average Bonchev–Trinajstić information content (AvgIpc) is 2.28. The van der Waals surface area contributed by atoms with E-state index in [9.17, 15) is 5.11 Å². The van der Waals surface area contributed by atoms with Crippen LogP contribution in [0.5, 0.6) is 0 Å². The van der Waals surface area contributed by atoms with E-state index in [4.69, 9.17) is 5.73 Å². The molecule has 1 atom stereocenters. The number of aliphatic hydroxyl groups is 1. The number of hydrogen-bond donors (Lipinski definition) is 2. The second-order valence-electron chi connectivity index (χ2n) is 3.66. The molecular formula is C12H14N2O. The maximum absolute atomic E-state index is 9.63. The molecule has 15 heavy (non-hydrogen) atoms. The summed E-state index contributed by atoms with van der Waals surface area (Å²) in [5.41, 5.74) is 8.37. The van der Waals surface area contributed by atoms with Gasteiger partial charge in [-0.2, -0.15) is 0 Å². The van der Waals surface area contributed by atoms with Gasteiger partial charge in [0.25, 0.3) is 0 Å². The molecule has 0 radical (unpaired) electrons. The molecule has 0 bridgehead atoms. The standard InChI is InChI=1S/C12H14N2O/c1-8-4-5-14-11-3-2-9(6-10(8)11)12(15)7-13/h2-6,12,15H,7,13H2,1H3. The van der Waals surface area contributed by atoms with Crippen LogP contribution in [0.15, 0.2) is 30.5 Å². The first kappa shape index (κ1) is 10.1. The van der Waals surface area contributed by atoms with Gasteiger partial charge in [0.2, 0.25) is 0 Å². The Morgan fingerprint density at radius 1 is 1.40 bits per heavy atom. The highest BCUT2D eigenvalue weighted by atomic mass is 16.3. The highest BCUT2D eigenvalue weighted by molar-refractivity contribution is 5.82. The van der Waals surface area contributed by atoms with E-state index in [-0.39, 0.29) is 6.54 Å². The van der Waals surface area contributed by atoms with Crippen LogP contribution in [0.25, 0.3) is 10.9 Å². The Labute approximate surface area is 88.6 Å². The molecule has 0 saturated carbocycles. The van der Waals surface area contributed by atoms with Crippen molar-refractivity contribution in [3.63, 3.8) is 0 Å². The van der Waals surface area contributed by atoms with Crippen molar-refractivity contribution in [2.45, 2.75) is 13.0 Å². The van der Waals surface area contributed by atoms with E-state index in [1.807, 2.05) is 31.2 Å². The summed E-state index contributed by atoms with van der Waals surface area (Å²) in [6, 6.07) is 7.69. The maximum Gasteiger partial charge on any atom is 0.0912 e. The predicted octanol–water partition coefficient (Wildman–Crippen LogP) is 1.54. The van der Waals surface area contributed by atoms with Gasteiger partial charge in [-0.25, -0.2) is 0 Å². The first-order valence-corrected chi connectivity index (χ1v) is 4.96. The number of fused-ring (bicyclic) bond motifs is 1. The SMILES string of the molecule is Cc1ccnc2ccc(C(O)CN)cc12. The lowest BCUT2D eigenvalue weighted by molar-refractivity contribution is 0.187. The van der Waals surface area contributed by atoms with E-state index in [0.717, 1.165) is 22.0 Å². The summed E-state index contributed by atoms with van der Waals surface area (Å²) in [6.45, 7) is 2.27. The zero-order chi connectivity index (χ0) is 10.8. The van der Waals surface area contributed by atoms with E-state index < -0.39 is 6.10 Å². The minimum atomic E-state index is -0.589. The van der Waals surface area contributed by atoms with Gasteiger partial charge in [-0.05, 0) is 36.2 Å². The van der Waals surface area contributed by atoms with E-state index >= 15 is 0 Å². The molecule has 0 spiro atoms. The Bertz CT molecular complexity index is 482. The molecule has 1 heterocycles. The van der Waals surface area contributed by atoms with Crippen molar-refractivity contribution < 1.29 is 5.11 Å². The number of aromatic nitrogens is 1. The molecule has 1 aromatic heterocycles. The predicted molar refractivity (Wildman–Crippen MR) is 60.5 cm³/mol. The average molecular weight is 202 g/mol. The van der Waals surface area contributed by atoms with Gasteiger partial charge in [-0.15, -0.1) is 0 Å². The molecule has 3 N–H and O–H groups in total. The Hall–Kier alpha value is -1.45. The lowest BCUT2D eigenvalue weighted by Crippen LogP contribution is -2.11. The monoisotopic (exact) mass is 202 g/mol. The van der Waals surface area contributed by atoms with Crippen molar-refractivity contribution in [2.24, 2.45) is 5.73 Å². The fourth-order valence-electron chi connectivity index (χ4n) is 1.64. The van der Waals surface area contributed by atoms with Gasteiger partial charge < -0.3 is 10.8 Å². The second-order valence-corrected chi connectivity index (χ2v) is 3.66. The van der Waals surface area contributed by atoms with Crippen LogP contribution in [0.1, 0.15) is 17.2 Å². The van der Waals surface area contributed by atoms with Crippen LogP contribution in [-0.4, -0.2) is 16.6 Å². The van der Waals surface area contributed by atoms with Crippen LogP contribution in [0.3, 0.4) is 0 Å². The molecule has 1 unspecified atom stereocenters. The first-order valence-electron chi connectivity index (χ1n) is 4.96. The summed E-state index contributed by atoms with van der Waals surface area (Å²) in [6.07, 6.45) is 1.20. The molecule has 0 fully saturated rings. The van der Waals surface area contributed by atoms with Crippen molar-refractivity contribution in [3.8, 4) is 0 Å². The number of aliphatic hydroxyl groups excluding tert-OH is 1. The number of benzene rings is 1. The molecule has 0 saturated heterocycles. The van der Waals surface area contributed by atoms with Crippen LogP contribution in [0, 0.1) is 6.92 Å². The Kier molecular flexibility index (Phi) is 2.66. The Morgan fingerprint density at radius 2 is 2.20 bits per heavy atom. The summed E-state index contributed by atoms with van der Waals surface area (Å²) in [5, 5.41) is 10.7. The number of rotatable bonds is 2. The zero-order valence-corrected chi connectivity index (χ0v) is 8.64. The molecule has 0 aliphatic heterocycles. The molecule has 3 heteroatoms. The summed E-state index contributed by atoms with van der Waals surface area (Å²) >= 11 is 0. The van der Waals surface area contributed by atoms with Crippen molar-refractivity contribution in [1.29, 1.82) is 0 Å². The van der Waals surface area contributed by atoms with Gasteiger partial charge in [-0.1, -0.05) is 6.07 Å². The quantitative estimate of drug-likeness (QED) is 0.776. The third-order valence-electron chi connectivity index (χ3n) is 2.59. The number of aryl methyl sites for hydroxylation is 1. The van der Waals surface area contributed by atoms with E-state index in [0.29, 0.717) is 0 Å². The lowest BCUT2D eigenvalue weighted by Gasteiger charge is -2.09. The first-order chi connectivity index (χ1) is 7.22. The normalized spacial score (nSPS) is 13.0. The van der Waals surface area contributed by atoms with Crippen LogP contribution in [-0.2, 0) is 0 Å². The summed E-state index contributed by atoms with van der Waals surface area (Å²) in [7, 11) is 0. The third kappa shape index (κ3) is 1.84. The number of nitrogens with two attached hydrogens (primary N) is 1. The van der Waals surface area contributed by atoms with E-state index in [2.05, 4.69) is 4.98 Å². The van der Waals surface area contributed by atoms with Crippen LogP contribution in [0.2, 0.25) is 0 Å². The molecule has 0 aliphatic rings. The Balaban J connectivity index is 2.59. The molecule has 0 amide bonds. The minimum Gasteiger partial charge on any atom is -0.387 e. The number of hydrogen-bond acceptors (Lipinski definition) is 3.